The lowest BCUT2D eigenvalue weighted by molar-refractivity contribution is -0.125. The van der Waals surface area contributed by atoms with E-state index in [9.17, 15) is 4.79 Å². The zero-order valence-electron chi connectivity index (χ0n) is 17.9. The van der Waals surface area contributed by atoms with Crippen LogP contribution in [0.1, 0.15) is 22.9 Å². The van der Waals surface area contributed by atoms with Crippen LogP contribution >= 0.6 is 11.3 Å². The number of carbonyl (C=O) groups excluding carboxylic acids is 1. The second-order valence-electron chi connectivity index (χ2n) is 7.98. The van der Waals surface area contributed by atoms with Crippen molar-refractivity contribution < 1.29 is 9.53 Å². The van der Waals surface area contributed by atoms with Gasteiger partial charge < -0.3 is 10.1 Å². The molecule has 0 aliphatic carbocycles. The summed E-state index contributed by atoms with van der Waals surface area (Å²) in [5.74, 6) is 1.59. The summed E-state index contributed by atoms with van der Waals surface area (Å²) in [6, 6.07) is 21.5. The average molecular weight is 461 g/mol. The van der Waals surface area contributed by atoms with Crippen molar-refractivity contribution in [3.05, 3.63) is 88.9 Å². The molecule has 1 N–H and O–H groups in total. The van der Waals surface area contributed by atoms with Gasteiger partial charge in [-0.25, -0.2) is 4.68 Å². The number of para-hydroxylation sites is 1. The van der Waals surface area contributed by atoms with E-state index in [1.807, 2.05) is 66.0 Å². The number of ether oxygens (including phenoxy) is 1. The molecule has 2 aromatic heterocycles. The van der Waals surface area contributed by atoms with E-state index in [0.717, 1.165) is 21.9 Å². The number of tetrazole rings is 1. The highest BCUT2D eigenvalue weighted by Gasteiger charge is 2.38. The first kappa shape index (κ1) is 21.3. The Labute approximate surface area is 195 Å². The van der Waals surface area contributed by atoms with Crippen LogP contribution in [0, 0.1) is 0 Å². The molecule has 9 heteroatoms. The lowest BCUT2D eigenvalue weighted by Crippen LogP contribution is -2.42. The van der Waals surface area contributed by atoms with Crippen LogP contribution < -0.4 is 10.1 Å². The molecule has 4 aromatic rings. The Morgan fingerprint density at radius 2 is 1.97 bits per heavy atom. The summed E-state index contributed by atoms with van der Waals surface area (Å²) in [6.45, 7) is 1.85. The molecule has 1 aliphatic heterocycles. The molecule has 1 saturated heterocycles. The van der Waals surface area contributed by atoms with E-state index in [1.165, 1.54) is 0 Å². The first-order chi connectivity index (χ1) is 16.2. The quantitative estimate of drug-likeness (QED) is 0.432. The minimum atomic E-state index is -0.266. The van der Waals surface area contributed by atoms with Crippen LogP contribution in [0.5, 0.6) is 11.5 Å². The number of hydrogen-bond acceptors (Lipinski definition) is 7. The SMILES string of the molecule is O=C(NCc1cccs1)[C@@H]1C[C@H](n2cnnn2)CN1Cc1cccc(Oc2ccccc2)c1. The molecule has 1 aliphatic rings. The lowest BCUT2D eigenvalue weighted by atomic mass is 10.1. The van der Waals surface area contributed by atoms with Crippen LogP contribution in [-0.4, -0.2) is 43.6 Å². The number of hydrogen-bond donors (Lipinski definition) is 1. The number of nitrogens with one attached hydrogen (secondary N) is 1. The predicted molar refractivity (Wildman–Crippen MR) is 125 cm³/mol. The summed E-state index contributed by atoms with van der Waals surface area (Å²) in [6.07, 6.45) is 2.27. The fourth-order valence-corrected chi connectivity index (χ4v) is 4.77. The topological polar surface area (TPSA) is 85.2 Å². The summed E-state index contributed by atoms with van der Waals surface area (Å²) in [7, 11) is 0. The standard InChI is InChI=1S/C24H24N6O2S/c31-24(25-14-22-10-5-11-33-22)23-13-19(30-17-26-27-28-30)16-29(23)15-18-6-4-9-21(12-18)32-20-7-2-1-3-8-20/h1-12,17,19,23H,13-16H2,(H,25,31)/t19-,23-/m0/s1. The van der Waals surface area contributed by atoms with Crippen molar-refractivity contribution >= 4 is 17.2 Å². The Balaban J connectivity index is 1.30. The monoisotopic (exact) mass is 460 g/mol. The van der Waals surface area contributed by atoms with Crippen molar-refractivity contribution in [1.82, 2.24) is 30.4 Å². The predicted octanol–water partition coefficient (Wildman–Crippen LogP) is 3.66. The molecule has 0 radical (unpaired) electrons. The van der Waals surface area contributed by atoms with Crippen LogP contribution in [0.25, 0.3) is 0 Å². The molecule has 168 valence electrons. The molecule has 8 nitrogen and oxygen atoms in total. The maximum atomic E-state index is 13.1. The third kappa shape index (κ3) is 5.27. The van der Waals surface area contributed by atoms with Crippen LogP contribution in [0.4, 0.5) is 0 Å². The zero-order valence-corrected chi connectivity index (χ0v) is 18.8. The van der Waals surface area contributed by atoms with E-state index in [-0.39, 0.29) is 18.0 Å². The van der Waals surface area contributed by atoms with Gasteiger partial charge in [-0.3, -0.25) is 9.69 Å². The molecular weight excluding hydrogens is 436 g/mol. The number of nitrogens with zero attached hydrogens (tertiary/aromatic N) is 5. The van der Waals surface area contributed by atoms with Gasteiger partial charge in [0.15, 0.2) is 0 Å². The second-order valence-corrected chi connectivity index (χ2v) is 9.02. The largest absolute Gasteiger partial charge is 0.457 e. The summed E-state index contributed by atoms with van der Waals surface area (Å²) >= 11 is 1.64. The number of aromatic nitrogens is 4. The zero-order chi connectivity index (χ0) is 22.5. The van der Waals surface area contributed by atoms with E-state index < -0.39 is 0 Å². The minimum absolute atomic E-state index is 0.0238. The molecule has 5 rings (SSSR count). The van der Waals surface area contributed by atoms with Gasteiger partial charge in [0.2, 0.25) is 5.91 Å². The second kappa shape index (κ2) is 9.93. The van der Waals surface area contributed by atoms with Gasteiger partial charge in [0, 0.05) is 18.0 Å². The van der Waals surface area contributed by atoms with Crippen molar-refractivity contribution in [3.63, 3.8) is 0 Å². The summed E-state index contributed by atoms with van der Waals surface area (Å²) in [5.41, 5.74) is 1.08. The molecule has 1 amide bonds. The average Bonchev–Trinajstić information content (AvgIpc) is 3.60. The fourth-order valence-electron chi connectivity index (χ4n) is 4.13. The smallest absolute Gasteiger partial charge is 0.237 e. The van der Waals surface area contributed by atoms with Gasteiger partial charge in [-0.15, -0.1) is 16.4 Å². The van der Waals surface area contributed by atoms with Crippen molar-refractivity contribution in [1.29, 1.82) is 0 Å². The normalized spacial score (nSPS) is 18.3. The molecule has 3 heterocycles. The lowest BCUT2D eigenvalue weighted by Gasteiger charge is -2.23. The molecule has 0 bridgehead atoms. The molecule has 33 heavy (non-hydrogen) atoms. The van der Waals surface area contributed by atoms with Gasteiger partial charge in [-0.1, -0.05) is 36.4 Å². The molecule has 2 atom stereocenters. The van der Waals surface area contributed by atoms with Gasteiger partial charge in [0.05, 0.1) is 18.6 Å². The summed E-state index contributed by atoms with van der Waals surface area (Å²) in [4.78, 5) is 16.5. The van der Waals surface area contributed by atoms with E-state index in [1.54, 1.807) is 22.3 Å². The van der Waals surface area contributed by atoms with Crippen molar-refractivity contribution in [2.24, 2.45) is 0 Å². The van der Waals surface area contributed by atoms with Crippen molar-refractivity contribution in [2.45, 2.75) is 31.6 Å². The summed E-state index contributed by atoms with van der Waals surface area (Å²) in [5, 5.41) is 16.7. The van der Waals surface area contributed by atoms with Gasteiger partial charge in [-0.2, -0.15) is 0 Å². The highest BCUT2D eigenvalue weighted by molar-refractivity contribution is 7.09. The number of amides is 1. The molecular formula is C24H24N6O2S. The minimum Gasteiger partial charge on any atom is -0.457 e. The van der Waals surface area contributed by atoms with Gasteiger partial charge in [0.25, 0.3) is 0 Å². The maximum Gasteiger partial charge on any atom is 0.237 e. The first-order valence-corrected chi connectivity index (χ1v) is 11.7. The molecule has 0 saturated carbocycles. The summed E-state index contributed by atoms with van der Waals surface area (Å²) < 4.78 is 7.73. The van der Waals surface area contributed by atoms with Crippen molar-refractivity contribution in [3.8, 4) is 11.5 Å². The van der Waals surface area contributed by atoms with Gasteiger partial charge >= 0.3 is 0 Å². The Morgan fingerprint density at radius 3 is 2.76 bits per heavy atom. The van der Waals surface area contributed by atoms with Crippen LogP contribution in [0.3, 0.4) is 0 Å². The Bertz CT molecular complexity index is 1170. The number of carbonyl (C=O) groups is 1. The highest BCUT2D eigenvalue weighted by Crippen LogP contribution is 2.30. The van der Waals surface area contributed by atoms with Crippen LogP contribution in [0.15, 0.2) is 78.4 Å². The van der Waals surface area contributed by atoms with Gasteiger partial charge in [-0.05, 0) is 58.1 Å². The van der Waals surface area contributed by atoms with E-state index in [2.05, 4.69) is 31.8 Å². The fraction of sp³-hybridized carbons (Fsp3) is 0.250. The Morgan fingerprint density at radius 1 is 1.09 bits per heavy atom. The van der Waals surface area contributed by atoms with Crippen molar-refractivity contribution in [2.75, 3.05) is 6.54 Å². The highest BCUT2D eigenvalue weighted by atomic mass is 32.1. The Hall–Kier alpha value is -3.56. The number of thiophene rings is 1. The third-order valence-electron chi connectivity index (χ3n) is 5.70. The molecule has 0 spiro atoms. The first-order valence-electron chi connectivity index (χ1n) is 10.8. The maximum absolute atomic E-state index is 13.1. The number of rotatable bonds is 8. The number of likely N-dealkylation sites (tertiary alicyclic amines) is 1. The van der Waals surface area contributed by atoms with E-state index in [0.29, 0.717) is 26.1 Å². The van der Waals surface area contributed by atoms with Crippen LogP contribution in [-0.2, 0) is 17.9 Å². The molecule has 0 unspecified atom stereocenters. The van der Waals surface area contributed by atoms with E-state index in [4.69, 9.17) is 4.74 Å². The Kier molecular flexibility index (Phi) is 6.41. The molecule has 1 fully saturated rings. The van der Waals surface area contributed by atoms with E-state index >= 15 is 0 Å². The third-order valence-corrected chi connectivity index (χ3v) is 6.58. The molecule has 2 aromatic carbocycles. The van der Waals surface area contributed by atoms with Crippen LogP contribution in [0.2, 0.25) is 0 Å². The van der Waals surface area contributed by atoms with Gasteiger partial charge in [0.1, 0.15) is 17.8 Å². The number of benzene rings is 2.